The number of carbonyl (C=O) groups is 1. The molecule has 0 rings (SSSR count). The summed E-state index contributed by atoms with van der Waals surface area (Å²) in [6.07, 6.45) is 7.62. The molecule has 0 saturated carbocycles. The molecule has 98 valence electrons. The Balaban J connectivity index is 0. The highest BCUT2D eigenvalue weighted by atomic mass is 32.1. The standard InChI is InChI=1S/C6H12O2.C6H14OS/c2*1-2-3-4-5-6(7)8/h2-5H2,1H3,(H,7,8);6-8H,2-5H2,1H3. The van der Waals surface area contributed by atoms with Gasteiger partial charge in [-0.15, -0.1) is 12.6 Å². The van der Waals surface area contributed by atoms with E-state index in [9.17, 15) is 4.79 Å². The number of aliphatic hydroxyl groups excluding tert-OH is 1. The maximum atomic E-state index is 9.87. The molecule has 4 heteroatoms. The Morgan fingerprint density at radius 3 is 2.00 bits per heavy atom. The first-order chi connectivity index (χ1) is 7.54. The van der Waals surface area contributed by atoms with Gasteiger partial charge in [-0.3, -0.25) is 4.79 Å². The fourth-order valence-corrected chi connectivity index (χ4v) is 1.29. The van der Waals surface area contributed by atoms with Crippen LogP contribution < -0.4 is 0 Å². The molecular weight excluding hydrogens is 224 g/mol. The van der Waals surface area contributed by atoms with Crippen LogP contribution in [0.4, 0.5) is 0 Å². The van der Waals surface area contributed by atoms with Crippen LogP contribution in [0.1, 0.15) is 65.2 Å². The molecule has 1 unspecified atom stereocenters. The summed E-state index contributed by atoms with van der Waals surface area (Å²) in [5, 5.41) is 16.8. The molecule has 0 aliphatic rings. The van der Waals surface area contributed by atoms with E-state index in [2.05, 4.69) is 26.5 Å². The van der Waals surface area contributed by atoms with Crippen molar-refractivity contribution in [1.29, 1.82) is 0 Å². The predicted molar refractivity (Wildman–Crippen MR) is 70.9 cm³/mol. The third kappa shape index (κ3) is 23.5. The molecule has 0 aliphatic heterocycles. The van der Waals surface area contributed by atoms with E-state index in [0.29, 0.717) is 6.42 Å². The van der Waals surface area contributed by atoms with Crippen molar-refractivity contribution >= 4 is 18.6 Å². The van der Waals surface area contributed by atoms with Gasteiger partial charge in [-0.1, -0.05) is 46.0 Å². The Bertz CT molecular complexity index is 149. The predicted octanol–water partition coefficient (Wildman–Crippen LogP) is 3.47. The van der Waals surface area contributed by atoms with Gasteiger partial charge < -0.3 is 10.2 Å². The highest BCUT2D eigenvalue weighted by molar-refractivity contribution is 7.80. The SMILES string of the molecule is CCCCCC(=O)O.CCCCCC(O)S. The number of hydrogen-bond acceptors (Lipinski definition) is 3. The highest BCUT2D eigenvalue weighted by Crippen LogP contribution is 2.04. The fraction of sp³-hybridized carbons (Fsp3) is 0.917. The Morgan fingerprint density at radius 2 is 1.62 bits per heavy atom. The molecule has 2 N–H and O–H groups in total. The summed E-state index contributed by atoms with van der Waals surface area (Å²) < 4.78 is 0. The number of thiol groups is 1. The van der Waals surface area contributed by atoms with Crippen molar-refractivity contribution in [3.63, 3.8) is 0 Å². The second kappa shape index (κ2) is 14.8. The van der Waals surface area contributed by atoms with E-state index in [0.717, 1.165) is 32.1 Å². The van der Waals surface area contributed by atoms with Crippen molar-refractivity contribution in [3.8, 4) is 0 Å². The molecule has 0 aromatic heterocycles. The van der Waals surface area contributed by atoms with Gasteiger partial charge in [-0.2, -0.15) is 0 Å². The van der Waals surface area contributed by atoms with Crippen LogP contribution in [0.5, 0.6) is 0 Å². The molecule has 0 radical (unpaired) electrons. The van der Waals surface area contributed by atoms with E-state index in [4.69, 9.17) is 10.2 Å². The molecule has 0 bridgehead atoms. The summed E-state index contributed by atoms with van der Waals surface area (Å²) in [6, 6.07) is 0. The molecule has 3 nitrogen and oxygen atoms in total. The van der Waals surface area contributed by atoms with Crippen molar-refractivity contribution in [2.75, 3.05) is 0 Å². The summed E-state index contributed by atoms with van der Waals surface area (Å²) in [7, 11) is 0. The third-order valence-corrected chi connectivity index (χ3v) is 2.32. The van der Waals surface area contributed by atoms with Crippen LogP contribution in [-0.4, -0.2) is 21.6 Å². The second-order valence-electron chi connectivity index (χ2n) is 3.83. The van der Waals surface area contributed by atoms with Crippen LogP contribution in [0.3, 0.4) is 0 Å². The van der Waals surface area contributed by atoms with Gasteiger partial charge in [-0.25, -0.2) is 0 Å². The largest absolute Gasteiger partial charge is 0.481 e. The maximum Gasteiger partial charge on any atom is 0.303 e. The van der Waals surface area contributed by atoms with Crippen LogP contribution in [0, 0.1) is 0 Å². The topological polar surface area (TPSA) is 57.5 Å². The van der Waals surface area contributed by atoms with Crippen molar-refractivity contribution < 1.29 is 15.0 Å². The molecule has 0 fully saturated rings. The van der Waals surface area contributed by atoms with E-state index >= 15 is 0 Å². The smallest absolute Gasteiger partial charge is 0.303 e. The lowest BCUT2D eigenvalue weighted by Crippen LogP contribution is -1.93. The lowest BCUT2D eigenvalue weighted by Gasteiger charge is -1.99. The first-order valence-electron chi connectivity index (χ1n) is 6.12. The van der Waals surface area contributed by atoms with Gasteiger partial charge in [0.05, 0.1) is 5.44 Å². The first kappa shape index (κ1) is 18.2. The summed E-state index contributed by atoms with van der Waals surface area (Å²) in [6.45, 7) is 4.20. The number of carboxylic acid groups (broad SMARTS) is 1. The molecule has 0 saturated heterocycles. The third-order valence-electron chi connectivity index (χ3n) is 2.06. The summed E-state index contributed by atoms with van der Waals surface area (Å²) in [5.41, 5.74) is -0.401. The number of unbranched alkanes of at least 4 members (excludes halogenated alkanes) is 4. The monoisotopic (exact) mass is 250 g/mol. The lowest BCUT2D eigenvalue weighted by atomic mass is 10.2. The number of hydrogen-bond donors (Lipinski definition) is 3. The van der Waals surface area contributed by atoms with Crippen molar-refractivity contribution in [3.05, 3.63) is 0 Å². The van der Waals surface area contributed by atoms with Gasteiger partial charge >= 0.3 is 5.97 Å². The van der Waals surface area contributed by atoms with E-state index < -0.39 is 11.4 Å². The second-order valence-corrected chi connectivity index (χ2v) is 4.42. The molecule has 16 heavy (non-hydrogen) atoms. The lowest BCUT2D eigenvalue weighted by molar-refractivity contribution is -0.137. The van der Waals surface area contributed by atoms with Crippen LogP contribution in [0.15, 0.2) is 0 Å². The zero-order chi connectivity index (χ0) is 12.8. The molecule has 0 spiro atoms. The zero-order valence-electron chi connectivity index (χ0n) is 10.5. The van der Waals surface area contributed by atoms with Gasteiger partial charge in [0.2, 0.25) is 0 Å². The molecule has 1 atom stereocenters. The quantitative estimate of drug-likeness (QED) is 0.351. The van der Waals surface area contributed by atoms with Crippen molar-refractivity contribution in [2.24, 2.45) is 0 Å². The number of rotatable bonds is 8. The van der Waals surface area contributed by atoms with Gasteiger partial charge in [0, 0.05) is 6.42 Å². The molecule has 0 aromatic carbocycles. The Kier molecular flexibility index (Phi) is 16.8. The molecule has 0 heterocycles. The van der Waals surface area contributed by atoms with E-state index in [-0.39, 0.29) is 0 Å². The van der Waals surface area contributed by atoms with Crippen LogP contribution in [-0.2, 0) is 4.79 Å². The Morgan fingerprint density at radius 1 is 1.12 bits per heavy atom. The molecular formula is C12H26O3S. The number of carboxylic acids is 1. The average Bonchev–Trinajstić information content (AvgIpc) is 2.18. The Labute approximate surface area is 105 Å². The van der Waals surface area contributed by atoms with Crippen LogP contribution in [0.25, 0.3) is 0 Å². The first-order valence-corrected chi connectivity index (χ1v) is 6.64. The average molecular weight is 250 g/mol. The van der Waals surface area contributed by atoms with Crippen molar-refractivity contribution in [2.45, 2.75) is 70.7 Å². The Hall–Kier alpha value is -0.220. The van der Waals surface area contributed by atoms with Gasteiger partial charge in [0.15, 0.2) is 0 Å². The normalized spacial score (nSPS) is 11.5. The van der Waals surface area contributed by atoms with E-state index in [1.54, 1.807) is 0 Å². The van der Waals surface area contributed by atoms with Gasteiger partial charge in [0.25, 0.3) is 0 Å². The van der Waals surface area contributed by atoms with E-state index in [1.165, 1.54) is 12.8 Å². The summed E-state index contributed by atoms with van der Waals surface area (Å²) >= 11 is 3.83. The highest BCUT2D eigenvalue weighted by Gasteiger charge is 1.93. The molecule has 0 aromatic rings. The fourth-order valence-electron chi connectivity index (χ4n) is 1.10. The van der Waals surface area contributed by atoms with E-state index in [1.807, 2.05) is 0 Å². The number of aliphatic carboxylic acids is 1. The number of aliphatic hydroxyl groups is 1. The molecule has 0 amide bonds. The minimum Gasteiger partial charge on any atom is -0.481 e. The van der Waals surface area contributed by atoms with Crippen molar-refractivity contribution in [1.82, 2.24) is 0 Å². The minimum atomic E-state index is -0.682. The van der Waals surface area contributed by atoms with Gasteiger partial charge in [-0.05, 0) is 12.8 Å². The van der Waals surface area contributed by atoms with Crippen LogP contribution in [0.2, 0.25) is 0 Å². The van der Waals surface area contributed by atoms with Crippen LogP contribution >= 0.6 is 12.6 Å². The summed E-state index contributed by atoms with van der Waals surface area (Å²) in [4.78, 5) is 9.87. The zero-order valence-corrected chi connectivity index (χ0v) is 11.4. The molecule has 0 aliphatic carbocycles. The van der Waals surface area contributed by atoms with Gasteiger partial charge in [0.1, 0.15) is 0 Å². The minimum absolute atomic E-state index is 0.327. The summed E-state index contributed by atoms with van der Waals surface area (Å²) in [5.74, 6) is -0.682. The maximum absolute atomic E-state index is 9.87.